The minimum Gasteiger partial charge on any atom is -0.324 e. The summed E-state index contributed by atoms with van der Waals surface area (Å²) in [6.45, 7) is 1.56. The van der Waals surface area contributed by atoms with Crippen LogP contribution >= 0.6 is 34.8 Å². The number of hydrogen-bond donors (Lipinski definition) is 1. The minimum atomic E-state index is -1.11. The van der Waals surface area contributed by atoms with Gasteiger partial charge in [-0.2, -0.15) is 0 Å². The second-order valence-electron chi connectivity index (χ2n) is 3.30. The Bertz CT molecular complexity index is 365. The molecule has 2 nitrogen and oxygen atoms in total. The fourth-order valence-corrected chi connectivity index (χ4v) is 1.25. The third kappa shape index (κ3) is 3.56. The van der Waals surface area contributed by atoms with E-state index in [4.69, 9.17) is 34.8 Å². The van der Waals surface area contributed by atoms with E-state index in [1.54, 1.807) is 31.2 Å². The maximum atomic E-state index is 11.6. The second kappa shape index (κ2) is 5.06. The summed E-state index contributed by atoms with van der Waals surface area (Å²) in [6, 6.07) is 6.83. The number of nitrogens with one attached hydrogen (secondary N) is 1. The standard InChI is InChI=1S/C10H10Cl3NO/c1-10(13,6-11)9(15)14-8-4-2-3-7(12)5-8/h2-5H,6H2,1H3,(H,14,15). The van der Waals surface area contributed by atoms with Crippen LogP contribution in [0.2, 0.25) is 5.02 Å². The van der Waals surface area contributed by atoms with Crippen molar-refractivity contribution in [3.63, 3.8) is 0 Å². The largest absolute Gasteiger partial charge is 0.324 e. The minimum absolute atomic E-state index is 0.0426. The van der Waals surface area contributed by atoms with Gasteiger partial charge in [-0.3, -0.25) is 4.79 Å². The molecule has 1 atom stereocenters. The quantitative estimate of drug-likeness (QED) is 0.833. The summed E-state index contributed by atoms with van der Waals surface area (Å²) in [7, 11) is 0. The Morgan fingerprint density at radius 2 is 2.20 bits per heavy atom. The third-order valence-corrected chi connectivity index (χ3v) is 3.02. The van der Waals surface area contributed by atoms with Crippen LogP contribution in [-0.2, 0) is 4.79 Å². The number of amides is 1. The van der Waals surface area contributed by atoms with Gasteiger partial charge in [0.1, 0.15) is 4.87 Å². The first kappa shape index (κ1) is 12.6. The average molecular weight is 267 g/mol. The highest BCUT2D eigenvalue weighted by atomic mass is 35.5. The van der Waals surface area contributed by atoms with Gasteiger partial charge in [-0.1, -0.05) is 17.7 Å². The molecule has 0 saturated heterocycles. The first-order valence-corrected chi connectivity index (χ1v) is 5.56. The molecule has 0 aliphatic rings. The fourth-order valence-electron chi connectivity index (χ4n) is 0.888. The second-order valence-corrected chi connectivity index (χ2v) is 4.83. The van der Waals surface area contributed by atoms with Crippen LogP contribution in [-0.4, -0.2) is 16.7 Å². The first-order chi connectivity index (χ1) is 6.95. The zero-order chi connectivity index (χ0) is 11.5. The molecule has 1 aromatic carbocycles. The predicted octanol–water partition coefficient (Wildman–Crippen LogP) is 3.51. The van der Waals surface area contributed by atoms with Crippen LogP contribution in [0.4, 0.5) is 5.69 Å². The molecular weight excluding hydrogens is 256 g/mol. The van der Waals surface area contributed by atoms with Gasteiger partial charge in [0.25, 0.3) is 0 Å². The molecule has 0 bridgehead atoms. The Balaban J connectivity index is 2.75. The number of carbonyl (C=O) groups excluding carboxylic acids is 1. The van der Waals surface area contributed by atoms with E-state index < -0.39 is 4.87 Å². The summed E-state index contributed by atoms with van der Waals surface area (Å²) in [6.07, 6.45) is 0. The highest BCUT2D eigenvalue weighted by Crippen LogP contribution is 2.20. The Kier molecular flexibility index (Phi) is 4.26. The molecule has 1 amide bonds. The van der Waals surface area contributed by atoms with Gasteiger partial charge in [0.2, 0.25) is 5.91 Å². The van der Waals surface area contributed by atoms with Crippen LogP contribution in [0.5, 0.6) is 0 Å². The molecular formula is C10H10Cl3NO. The number of hydrogen-bond acceptors (Lipinski definition) is 1. The maximum absolute atomic E-state index is 11.6. The molecule has 1 N–H and O–H groups in total. The molecule has 0 radical (unpaired) electrons. The zero-order valence-electron chi connectivity index (χ0n) is 8.06. The van der Waals surface area contributed by atoms with Gasteiger partial charge < -0.3 is 5.32 Å². The van der Waals surface area contributed by atoms with E-state index in [9.17, 15) is 4.79 Å². The highest BCUT2D eigenvalue weighted by Gasteiger charge is 2.29. The Morgan fingerprint density at radius 1 is 1.53 bits per heavy atom. The van der Waals surface area contributed by atoms with Crippen LogP contribution in [0, 0.1) is 0 Å². The van der Waals surface area contributed by atoms with Crippen molar-refractivity contribution in [3.8, 4) is 0 Å². The predicted molar refractivity (Wildman–Crippen MR) is 65.1 cm³/mol. The summed E-state index contributed by atoms with van der Waals surface area (Å²) in [4.78, 5) is 10.5. The topological polar surface area (TPSA) is 29.1 Å². The SMILES string of the molecule is CC(Cl)(CCl)C(=O)Nc1cccc(Cl)c1. The van der Waals surface area contributed by atoms with Crippen molar-refractivity contribution in [3.05, 3.63) is 29.3 Å². The third-order valence-electron chi connectivity index (χ3n) is 1.81. The molecule has 1 aromatic rings. The van der Waals surface area contributed by atoms with Gasteiger partial charge in [-0.25, -0.2) is 0 Å². The molecule has 82 valence electrons. The lowest BCUT2D eigenvalue weighted by atomic mass is 10.2. The summed E-state index contributed by atoms with van der Waals surface area (Å²) in [5.41, 5.74) is 0.601. The smallest absolute Gasteiger partial charge is 0.246 e. The Hall–Kier alpha value is -0.440. The molecule has 5 heteroatoms. The average Bonchev–Trinajstić information content (AvgIpc) is 2.17. The van der Waals surface area contributed by atoms with E-state index in [0.717, 1.165) is 0 Å². The van der Waals surface area contributed by atoms with Crippen molar-refractivity contribution in [2.24, 2.45) is 0 Å². The van der Waals surface area contributed by atoms with Gasteiger partial charge in [0, 0.05) is 10.7 Å². The summed E-state index contributed by atoms with van der Waals surface area (Å²) < 4.78 is 0. The van der Waals surface area contributed by atoms with Gasteiger partial charge in [-0.05, 0) is 25.1 Å². The number of benzene rings is 1. The molecule has 0 aliphatic heterocycles. The van der Waals surface area contributed by atoms with Crippen molar-refractivity contribution in [2.75, 3.05) is 11.2 Å². The van der Waals surface area contributed by atoms with Crippen LogP contribution in [0.1, 0.15) is 6.92 Å². The van der Waals surface area contributed by atoms with Gasteiger partial charge in [-0.15, -0.1) is 23.2 Å². The molecule has 0 fully saturated rings. The van der Waals surface area contributed by atoms with E-state index in [2.05, 4.69) is 5.32 Å². The molecule has 0 saturated carbocycles. The van der Waals surface area contributed by atoms with Crippen LogP contribution in [0.3, 0.4) is 0 Å². The first-order valence-electron chi connectivity index (χ1n) is 4.27. The van der Waals surface area contributed by atoms with Crippen molar-refractivity contribution >= 4 is 46.4 Å². The maximum Gasteiger partial charge on any atom is 0.246 e. The Morgan fingerprint density at radius 3 is 2.73 bits per heavy atom. The van der Waals surface area contributed by atoms with E-state index in [1.165, 1.54) is 0 Å². The summed E-state index contributed by atoms with van der Waals surface area (Å²) in [5.74, 6) is -0.303. The van der Waals surface area contributed by atoms with E-state index in [0.29, 0.717) is 10.7 Å². The van der Waals surface area contributed by atoms with Gasteiger partial charge in [0.05, 0.1) is 5.88 Å². The number of halogens is 3. The fraction of sp³-hybridized carbons (Fsp3) is 0.300. The van der Waals surface area contributed by atoms with Gasteiger partial charge in [0.15, 0.2) is 0 Å². The Labute approximate surface area is 104 Å². The molecule has 0 aliphatic carbocycles. The molecule has 15 heavy (non-hydrogen) atoms. The molecule has 0 spiro atoms. The van der Waals surface area contributed by atoms with Crippen LogP contribution in [0.15, 0.2) is 24.3 Å². The van der Waals surface area contributed by atoms with Gasteiger partial charge >= 0.3 is 0 Å². The lowest BCUT2D eigenvalue weighted by molar-refractivity contribution is -0.117. The number of rotatable bonds is 3. The normalized spacial score (nSPS) is 14.4. The van der Waals surface area contributed by atoms with Crippen molar-refractivity contribution in [2.45, 2.75) is 11.8 Å². The molecule has 0 aromatic heterocycles. The summed E-state index contributed by atoms with van der Waals surface area (Å²) in [5, 5.41) is 3.19. The molecule has 0 heterocycles. The number of anilines is 1. The summed E-state index contributed by atoms with van der Waals surface area (Å²) >= 11 is 17.2. The van der Waals surface area contributed by atoms with Crippen molar-refractivity contribution in [1.82, 2.24) is 0 Å². The van der Waals surface area contributed by atoms with Crippen LogP contribution in [0.25, 0.3) is 0 Å². The highest BCUT2D eigenvalue weighted by molar-refractivity contribution is 6.41. The van der Waals surface area contributed by atoms with Crippen molar-refractivity contribution < 1.29 is 4.79 Å². The lowest BCUT2D eigenvalue weighted by Gasteiger charge is -2.17. The van der Waals surface area contributed by atoms with E-state index in [1.807, 2.05) is 0 Å². The molecule has 1 unspecified atom stereocenters. The lowest BCUT2D eigenvalue weighted by Crippen LogP contribution is -2.36. The van der Waals surface area contributed by atoms with E-state index in [-0.39, 0.29) is 11.8 Å². The number of alkyl halides is 2. The monoisotopic (exact) mass is 265 g/mol. The number of carbonyl (C=O) groups is 1. The van der Waals surface area contributed by atoms with Crippen molar-refractivity contribution in [1.29, 1.82) is 0 Å². The molecule has 1 rings (SSSR count). The van der Waals surface area contributed by atoms with Crippen LogP contribution < -0.4 is 5.32 Å². The van der Waals surface area contributed by atoms with E-state index >= 15 is 0 Å². The zero-order valence-corrected chi connectivity index (χ0v) is 10.3.